The van der Waals surface area contributed by atoms with E-state index in [1.807, 2.05) is 5.38 Å². The van der Waals surface area contributed by atoms with Crippen molar-refractivity contribution in [2.24, 2.45) is 0 Å². The van der Waals surface area contributed by atoms with E-state index in [0.717, 1.165) is 24.1 Å². The van der Waals surface area contributed by atoms with E-state index in [0.29, 0.717) is 41.9 Å². The Bertz CT molecular complexity index is 883. The van der Waals surface area contributed by atoms with Gasteiger partial charge in [-0.05, 0) is 42.9 Å². The first-order valence-corrected chi connectivity index (χ1v) is 11.5. The van der Waals surface area contributed by atoms with E-state index in [-0.39, 0.29) is 5.91 Å². The number of hydrogen-bond donors (Lipinski definition) is 1. The molecule has 0 saturated carbocycles. The summed E-state index contributed by atoms with van der Waals surface area (Å²) in [4.78, 5) is 16.8. The lowest BCUT2D eigenvalue weighted by atomic mass is 10.1. The summed E-state index contributed by atoms with van der Waals surface area (Å²) in [5.74, 6) is 0.246. The van der Waals surface area contributed by atoms with Gasteiger partial charge in [0.25, 0.3) is 0 Å². The van der Waals surface area contributed by atoms with E-state index in [1.165, 1.54) is 15.6 Å². The Morgan fingerprint density at radius 1 is 1.22 bits per heavy atom. The maximum Gasteiger partial charge on any atom is 0.243 e. The summed E-state index contributed by atoms with van der Waals surface area (Å²) in [6.45, 7) is 5.32. The number of amides is 1. The minimum Gasteiger partial charge on any atom is -0.302 e. The Balaban J connectivity index is 1.54. The summed E-state index contributed by atoms with van der Waals surface area (Å²) in [5, 5.41) is 5.41. The maximum atomic E-state index is 12.5. The topological polar surface area (TPSA) is 79.4 Å². The SMILES string of the molecule is CC(C)c1csc(NC(=O)CCc2ccc(S(=O)(=O)N3CCCC3)cc2)n1. The van der Waals surface area contributed by atoms with Gasteiger partial charge in [-0.2, -0.15) is 4.31 Å². The predicted molar refractivity (Wildman–Crippen MR) is 108 cm³/mol. The third-order valence-corrected chi connectivity index (χ3v) is 7.32. The first kappa shape index (κ1) is 20.0. The van der Waals surface area contributed by atoms with Gasteiger partial charge >= 0.3 is 0 Å². The first-order chi connectivity index (χ1) is 12.9. The van der Waals surface area contributed by atoms with Gasteiger partial charge < -0.3 is 5.32 Å². The molecule has 1 amide bonds. The van der Waals surface area contributed by atoms with Gasteiger partial charge in [-0.25, -0.2) is 13.4 Å². The summed E-state index contributed by atoms with van der Waals surface area (Å²) < 4.78 is 26.6. The van der Waals surface area contributed by atoms with Crippen molar-refractivity contribution in [2.75, 3.05) is 18.4 Å². The van der Waals surface area contributed by atoms with Crippen LogP contribution in [0.4, 0.5) is 5.13 Å². The molecular weight excluding hydrogens is 382 g/mol. The van der Waals surface area contributed by atoms with E-state index >= 15 is 0 Å². The molecule has 8 heteroatoms. The zero-order chi connectivity index (χ0) is 19.4. The van der Waals surface area contributed by atoms with E-state index in [1.54, 1.807) is 24.3 Å². The zero-order valence-electron chi connectivity index (χ0n) is 15.6. The molecule has 27 heavy (non-hydrogen) atoms. The number of rotatable bonds is 7. The highest BCUT2D eigenvalue weighted by Gasteiger charge is 2.26. The van der Waals surface area contributed by atoms with Crippen LogP contribution in [0.1, 0.15) is 50.3 Å². The number of anilines is 1. The Hall–Kier alpha value is -1.77. The van der Waals surface area contributed by atoms with Crippen LogP contribution in [0.15, 0.2) is 34.5 Å². The first-order valence-electron chi connectivity index (χ1n) is 9.20. The number of nitrogens with one attached hydrogen (secondary N) is 1. The highest BCUT2D eigenvalue weighted by Crippen LogP contribution is 2.23. The summed E-state index contributed by atoms with van der Waals surface area (Å²) in [7, 11) is -3.39. The molecule has 1 aromatic carbocycles. The van der Waals surface area contributed by atoms with E-state index in [2.05, 4.69) is 24.1 Å². The molecule has 146 valence electrons. The second kappa shape index (κ2) is 8.50. The number of carbonyl (C=O) groups excluding carboxylic acids is 1. The Morgan fingerprint density at radius 3 is 2.48 bits per heavy atom. The van der Waals surface area contributed by atoms with Crippen LogP contribution < -0.4 is 5.32 Å². The average Bonchev–Trinajstić information content (AvgIpc) is 3.32. The van der Waals surface area contributed by atoms with Gasteiger partial charge in [0, 0.05) is 24.9 Å². The van der Waals surface area contributed by atoms with Crippen LogP contribution in [-0.2, 0) is 21.2 Å². The lowest BCUT2D eigenvalue weighted by Gasteiger charge is -2.15. The lowest BCUT2D eigenvalue weighted by molar-refractivity contribution is -0.116. The quantitative estimate of drug-likeness (QED) is 0.760. The van der Waals surface area contributed by atoms with Crippen molar-refractivity contribution < 1.29 is 13.2 Å². The van der Waals surface area contributed by atoms with Gasteiger partial charge in [0.05, 0.1) is 10.6 Å². The molecule has 3 rings (SSSR count). The van der Waals surface area contributed by atoms with Gasteiger partial charge in [0.2, 0.25) is 15.9 Å². The molecule has 2 aromatic rings. The van der Waals surface area contributed by atoms with Crippen LogP contribution in [-0.4, -0.2) is 36.7 Å². The summed E-state index contributed by atoms with van der Waals surface area (Å²) in [5.41, 5.74) is 1.91. The minimum absolute atomic E-state index is 0.0894. The predicted octanol–water partition coefficient (Wildman–Crippen LogP) is 3.62. The summed E-state index contributed by atoms with van der Waals surface area (Å²) >= 11 is 1.43. The Labute approximate surface area is 164 Å². The maximum absolute atomic E-state index is 12.5. The molecule has 1 fully saturated rings. The van der Waals surface area contributed by atoms with Gasteiger partial charge in [0.15, 0.2) is 5.13 Å². The van der Waals surface area contributed by atoms with Crippen molar-refractivity contribution in [3.8, 4) is 0 Å². The van der Waals surface area contributed by atoms with Crippen LogP contribution in [0.25, 0.3) is 0 Å². The third kappa shape index (κ3) is 4.94. The summed E-state index contributed by atoms with van der Waals surface area (Å²) in [6.07, 6.45) is 2.72. The number of thiazole rings is 1. The van der Waals surface area contributed by atoms with Crippen molar-refractivity contribution in [1.29, 1.82) is 0 Å². The van der Waals surface area contributed by atoms with Crippen LogP contribution in [0.5, 0.6) is 0 Å². The molecule has 1 aliphatic heterocycles. The molecule has 6 nitrogen and oxygen atoms in total. The van der Waals surface area contributed by atoms with Crippen molar-refractivity contribution in [3.05, 3.63) is 40.9 Å². The third-order valence-electron chi connectivity index (χ3n) is 4.63. The number of sulfonamides is 1. The van der Waals surface area contributed by atoms with Crippen LogP contribution >= 0.6 is 11.3 Å². The molecule has 0 atom stereocenters. The highest BCUT2D eigenvalue weighted by atomic mass is 32.2. The molecular formula is C19H25N3O3S2. The number of aromatic nitrogens is 1. The lowest BCUT2D eigenvalue weighted by Crippen LogP contribution is -2.27. The van der Waals surface area contributed by atoms with Gasteiger partial charge in [-0.3, -0.25) is 4.79 Å². The molecule has 2 heterocycles. The Kier molecular flexibility index (Phi) is 6.29. The molecule has 0 spiro atoms. The normalized spacial score (nSPS) is 15.4. The molecule has 0 unspecified atom stereocenters. The second-order valence-corrected chi connectivity index (χ2v) is 9.83. The molecule has 1 aliphatic rings. The molecule has 1 aromatic heterocycles. The van der Waals surface area contributed by atoms with Gasteiger partial charge in [0.1, 0.15) is 0 Å². The minimum atomic E-state index is -3.39. The molecule has 0 bridgehead atoms. The van der Waals surface area contributed by atoms with Gasteiger partial charge in [-0.1, -0.05) is 26.0 Å². The second-order valence-electron chi connectivity index (χ2n) is 7.04. The van der Waals surface area contributed by atoms with Crippen molar-refractivity contribution in [1.82, 2.24) is 9.29 Å². The summed E-state index contributed by atoms with van der Waals surface area (Å²) in [6, 6.07) is 6.85. The van der Waals surface area contributed by atoms with Crippen molar-refractivity contribution in [2.45, 2.75) is 50.3 Å². The highest BCUT2D eigenvalue weighted by molar-refractivity contribution is 7.89. The molecule has 1 N–H and O–H groups in total. The fourth-order valence-electron chi connectivity index (χ4n) is 2.95. The fourth-order valence-corrected chi connectivity index (χ4v) is 5.36. The largest absolute Gasteiger partial charge is 0.302 e. The number of benzene rings is 1. The number of nitrogens with zero attached hydrogens (tertiary/aromatic N) is 2. The van der Waals surface area contributed by atoms with E-state index in [9.17, 15) is 13.2 Å². The fraction of sp³-hybridized carbons (Fsp3) is 0.474. The van der Waals surface area contributed by atoms with Crippen LogP contribution in [0, 0.1) is 0 Å². The van der Waals surface area contributed by atoms with E-state index < -0.39 is 10.0 Å². The Morgan fingerprint density at radius 2 is 1.89 bits per heavy atom. The zero-order valence-corrected chi connectivity index (χ0v) is 17.3. The van der Waals surface area contributed by atoms with Crippen molar-refractivity contribution >= 4 is 32.4 Å². The van der Waals surface area contributed by atoms with E-state index in [4.69, 9.17) is 0 Å². The van der Waals surface area contributed by atoms with Crippen LogP contribution in [0.3, 0.4) is 0 Å². The average molecular weight is 408 g/mol. The van der Waals surface area contributed by atoms with Crippen molar-refractivity contribution in [3.63, 3.8) is 0 Å². The smallest absolute Gasteiger partial charge is 0.243 e. The number of aryl methyl sites for hydroxylation is 1. The number of hydrogen-bond acceptors (Lipinski definition) is 5. The number of carbonyl (C=O) groups is 1. The van der Waals surface area contributed by atoms with Crippen LogP contribution in [0.2, 0.25) is 0 Å². The molecule has 0 radical (unpaired) electrons. The molecule has 0 aliphatic carbocycles. The van der Waals surface area contributed by atoms with Gasteiger partial charge in [-0.15, -0.1) is 11.3 Å². The standard InChI is InChI=1S/C19H25N3O3S2/c1-14(2)17-13-26-19(20-17)21-18(23)10-7-15-5-8-16(9-6-15)27(24,25)22-11-3-4-12-22/h5-6,8-9,13-14H,3-4,7,10-12H2,1-2H3,(H,20,21,23). The molecule has 1 saturated heterocycles. The monoisotopic (exact) mass is 407 g/mol.